The Balaban J connectivity index is 3.34. The Labute approximate surface area is 42.1 Å². The van der Waals surface area contributed by atoms with Crippen molar-refractivity contribution in [3.05, 3.63) is 0 Å². The monoisotopic (exact) mass is 103 g/mol. The summed E-state index contributed by atoms with van der Waals surface area (Å²) in [6.07, 6.45) is 0. The number of nitrogens with two attached hydrogens (primary N) is 1. The minimum Gasteiger partial charge on any atom is -0.396 e. The van der Waals surface area contributed by atoms with Gasteiger partial charge < -0.3 is 10.8 Å². The molecule has 1 unspecified atom stereocenters. The minimum absolute atomic E-state index is 0.157. The maximum absolute atomic E-state index is 9.99. The molecule has 0 aliphatic carbocycles. The molecule has 0 fully saturated rings. The third-order valence-corrected chi connectivity index (χ3v) is 0.760. The number of aliphatic hydroxyl groups excluding tert-OH is 1. The molecule has 0 saturated heterocycles. The summed E-state index contributed by atoms with van der Waals surface area (Å²) >= 11 is 0. The van der Waals surface area contributed by atoms with Crippen LogP contribution >= 0.6 is 0 Å². The van der Waals surface area contributed by atoms with Crippen LogP contribution in [0.5, 0.6) is 0 Å². The van der Waals surface area contributed by atoms with E-state index in [1.54, 1.807) is 6.92 Å². The first-order chi connectivity index (χ1) is 3.18. The summed E-state index contributed by atoms with van der Waals surface area (Å²) in [4.78, 5) is 9.99. The summed E-state index contributed by atoms with van der Waals surface area (Å²) < 4.78 is 0. The van der Waals surface area contributed by atoms with Gasteiger partial charge in [-0.25, -0.2) is 0 Å². The van der Waals surface area contributed by atoms with Gasteiger partial charge in [0, 0.05) is 0 Å². The molecule has 42 valence electrons. The molecule has 0 aromatic rings. The van der Waals surface area contributed by atoms with Crippen molar-refractivity contribution < 1.29 is 9.90 Å². The van der Waals surface area contributed by atoms with Gasteiger partial charge in [0.05, 0.1) is 12.5 Å². The summed E-state index contributed by atoms with van der Waals surface area (Å²) in [7, 11) is 0. The van der Waals surface area contributed by atoms with Crippen LogP contribution in [0.25, 0.3) is 0 Å². The molecule has 0 bridgehead atoms. The van der Waals surface area contributed by atoms with Gasteiger partial charge in [0.2, 0.25) is 5.91 Å². The third-order valence-electron chi connectivity index (χ3n) is 0.760. The predicted molar refractivity (Wildman–Crippen MR) is 25.4 cm³/mol. The maximum Gasteiger partial charge on any atom is 0.222 e. The zero-order valence-electron chi connectivity index (χ0n) is 4.22. The lowest BCUT2D eigenvalue weighted by Gasteiger charge is -1.97. The molecular formula is C4H9NO2. The second-order valence-electron chi connectivity index (χ2n) is 1.49. The van der Waals surface area contributed by atoms with Crippen LogP contribution in [0.4, 0.5) is 0 Å². The lowest BCUT2D eigenvalue weighted by Crippen LogP contribution is -2.22. The third kappa shape index (κ3) is 2.17. The highest BCUT2D eigenvalue weighted by Crippen LogP contribution is 1.86. The lowest BCUT2D eigenvalue weighted by molar-refractivity contribution is -0.122. The molecule has 1 amide bonds. The van der Waals surface area contributed by atoms with Gasteiger partial charge in [-0.05, 0) is 0 Å². The van der Waals surface area contributed by atoms with Crippen LogP contribution < -0.4 is 5.73 Å². The van der Waals surface area contributed by atoms with E-state index in [0.29, 0.717) is 0 Å². The Bertz CT molecular complexity index is 72.1. The van der Waals surface area contributed by atoms with Crippen molar-refractivity contribution in [1.82, 2.24) is 0 Å². The van der Waals surface area contributed by atoms with Crippen LogP contribution in [0.2, 0.25) is 0 Å². The van der Waals surface area contributed by atoms with Gasteiger partial charge in [-0.2, -0.15) is 0 Å². The van der Waals surface area contributed by atoms with Crippen molar-refractivity contribution in [2.75, 3.05) is 6.61 Å². The van der Waals surface area contributed by atoms with Crippen LogP contribution in [0, 0.1) is 5.92 Å². The quantitative estimate of drug-likeness (QED) is 0.475. The summed E-state index contributed by atoms with van der Waals surface area (Å²) in [5, 5.41) is 8.20. The Morgan fingerprint density at radius 3 is 2.43 bits per heavy atom. The summed E-state index contributed by atoms with van der Waals surface area (Å²) in [5.41, 5.74) is 4.75. The summed E-state index contributed by atoms with van der Waals surface area (Å²) in [6, 6.07) is 0. The normalized spacial score (nSPS) is 13.4. The van der Waals surface area contributed by atoms with Crippen LogP contribution in [0.1, 0.15) is 6.92 Å². The smallest absolute Gasteiger partial charge is 0.222 e. The van der Waals surface area contributed by atoms with E-state index in [9.17, 15) is 4.79 Å². The number of carbonyl (C=O) groups is 1. The van der Waals surface area contributed by atoms with E-state index in [1.165, 1.54) is 0 Å². The molecule has 1 atom stereocenters. The van der Waals surface area contributed by atoms with Crippen molar-refractivity contribution in [3.63, 3.8) is 0 Å². The molecule has 0 aromatic carbocycles. The molecule has 7 heavy (non-hydrogen) atoms. The standard InChI is InChI=1S/C4H9NO2/c1-3(2-6)4(5)7/h3,6H,2H2,1H3,(H2,5,7). The highest BCUT2D eigenvalue weighted by molar-refractivity contribution is 5.76. The van der Waals surface area contributed by atoms with E-state index in [-0.39, 0.29) is 6.61 Å². The van der Waals surface area contributed by atoms with E-state index in [4.69, 9.17) is 10.8 Å². The SMILES string of the molecule is CC(CO)C(N)=O. The number of hydrogen-bond donors (Lipinski definition) is 2. The van der Waals surface area contributed by atoms with Crippen molar-refractivity contribution in [2.45, 2.75) is 6.92 Å². The lowest BCUT2D eigenvalue weighted by atomic mass is 10.2. The van der Waals surface area contributed by atoms with Crippen LogP contribution in [0.15, 0.2) is 0 Å². The molecule has 0 spiro atoms. The molecular weight excluding hydrogens is 94.0 g/mol. The number of hydrogen-bond acceptors (Lipinski definition) is 2. The van der Waals surface area contributed by atoms with E-state index in [0.717, 1.165) is 0 Å². The van der Waals surface area contributed by atoms with Crippen molar-refractivity contribution in [3.8, 4) is 0 Å². The summed E-state index contributed by atoms with van der Waals surface area (Å²) in [5.74, 6) is -0.859. The van der Waals surface area contributed by atoms with E-state index < -0.39 is 11.8 Å². The highest BCUT2D eigenvalue weighted by atomic mass is 16.3. The second kappa shape index (κ2) is 2.58. The van der Waals surface area contributed by atoms with Gasteiger partial charge in [0.15, 0.2) is 0 Å². The zero-order chi connectivity index (χ0) is 5.86. The molecule has 3 nitrogen and oxygen atoms in total. The average Bonchev–Trinajstić information content (AvgIpc) is 1.65. The van der Waals surface area contributed by atoms with Gasteiger partial charge in [-0.15, -0.1) is 0 Å². The molecule has 3 heteroatoms. The van der Waals surface area contributed by atoms with Crippen LogP contribution in [0.3, 0.4) is 0 Å². The van der Waals surface area contributed by atoms with Crippen molar-refractivity contribution in [1.29, 1.82) is 0 Å². The Kier molecular flexibility index (Phi) is 2.37. The molecule has 0 radical (unpaired) electrons. The average molecular weight is 103 g/mol. The topological polar surface area (TPSA) is 63.3 Å². The Hall–Kier alpha value is -0.570. The largest absolute Gasteiger partial charge is 0.396 e. The Morgan fingerprint density at radius 2 is 2.43 bits per heavy atom. The fourth-order valence-corrected chi connectivity index (χ4v) is 0.0900. The van der Waals surface area contributed by atoms with Gasteiger partial charge >= 0.3 is 0 Å². The molecule has 0 saturated carbocycles. The summed E-state index contributed by atoms with van der Waals surface area (Å²) in [6.45, 7) is 1.41. The fourth-order valence-electron chi connectivity index (χ4n) is 0.0900. The van der Waals surface area contributed by atoms with E-state index in [1.807, 2.05) is 0 Å². The first kappa shape index (κ1) is 6.43. The molecule has 3 N–H and O–H groups in total. The number of rotatable bonds is 2. The number of aliphatic hydroxyl groups is 1. The Morgan fingerprint density at radius 1 is 2.00 bits per heavy atom. The van der Waals surface area contributed by atoms with Gasteiger partial charge in [-0.3, -0.25) is 4.79 Å². The zero-order valence-corrected chi connectivity index (χ0v) is 4.22. The highest BCUT2D eigenvalue weighted by Gasteiger charge is 2.03. The van der Waals surface area contributed by atoms with Crippen LogP contribution in [-0.4, -0.2) is 17.6 Å². The molecule has 0 aliphatic rings. The van der Waals surface area contributed by atoms with Crippen LogP contribution in [-0.2, 0) is 4.79 Å². The molecule has 0 heterocycles. The van der Waals surface area contributed by atoms with E-state index in [2.05, 4.69) is 0 Å². The van der Waals surface area contributed by atoms with Gasteiger partial charge in [-0.1, -0.05) is 6.92 Å². The predicted octanol–water partition coefficient (Wildman–Crippen LogP) is -0.900. The fraction of sp³-hybridized carbons (Fsp3) is 0.750. The minimum atomic E-state index is -0.456. The van der Waals surface area contributed by atoms with Crippen molar-refractivity contribution in [2.24, 2.45) is 11.7 Å². The first-order valence-electron chi connectivity index (χ1n) is 2.08. The molecule has 0 aliphatic heterocycles. The van der Waals surface area contributed by atoms with E-state index >= 15 is 0 Å². The second-order valence-corrected chi connectivity index (χ2v) is 1.49. The molecule has 0 rings (SSSR count). The van der Waals surface area contributed by atoms with Crippen molar-refractivity contribution >= 4 is 5.91 Å². The first-order valence-corrected chi connectivity index (χ1v) is 2.08. The van der Waals surface area contributed by atoms with Gasteiger partial charge in [0.25, 0.3) is 0 Å². The maximum atomic E-state index is 9.99. The number of amides is 1. The number of carbonyl (C=O) groups excluding carboxylic acids is 1. The van der Waals surface area contributed by atoms with Gasteiger partial charge in [0.1, 0.15) is 0 Å². The number of primary amides is 1. The molecule has 0 aromatic heterocycles.